The molecule has 2 fully saturated rings. The summed E-state index contributed by atoms with van der Waals surface area (Å²) in [5, 5.41) is 7.35. The van der Waals surface area contributed by atoms with Gasteiger partial charge in [-0.3, -0.25) is 0 Å². The van der Waals surface area contributed by atoms with Gasteiger partial charge in [-0.25, -0.2) is 9.48 Å². The Kier molecular flexibility index (Phi) is 6.34. The number of rotatable bonds is 8. The normalized spacial score (nSPS) is 17.1. The summed E-state index contributed by atoms with van der Waals surface area (Å²) in [5.41, 5.74) is 1.62. The highest BCUT2D eigenvalue weighted by atomic mass is 16.6. The van der Waals surface area contributed by atoms with Crippen LogP contribution in [0.25, 0.3) is 5.69 Å². The summed E-state index contributed by atoms with van der Waals surface area (Å²) in [6.07, 6.45) is 6.46. The van der Waals surface area contributed by atoms with Crippen LogP contribution >= 0.6 is 0 Å². The molecule has 1 saturated heterocycles. The minimum absolute atomic E-state index is 0.238. The Morgan fingerprint density at radius 3 is 2.62 bits per heavy atom. The second-order valence-electron chi connectivity index (χ2n) is 7.94. The van der Waals surface area contributed by atoms with Gasteiger partial charge in [0.25, 0.3) is 0 Å². The second kappa shape index (κ2) is 9.31. The van der Waals surface area contributed by atoms with Crippen molar-refractivity contribution in [1.82, 2.24) is 20.0 Å². The summed E-state index contributed by atoms with van der Waals surface area (Å²) < 4.78 is 13.0. The number of benzene rings is 1. The van der Waals surface area contributed by atoms with E-state index < -0.39 is 6.09 Å². The molecule has 0 unspecified atom stereocenters. The lowest BCUT2D eigenvalue weighted by atomic mass is 9.93. The highest BCUT2D eigenvalue weighted by Crippen LogP contribution is 2.23. The third-order valence-electron chi connectivity index (χ3n) is 5.59. The van der Waals surface area contributed by atoms with Crippen LogP contribution in [0, 0.1) is 6.92 Å². The molecule has 1 amide bonds. The number of amides is 1. The standard InChI is InChI=1S/C22H30N4O3/c1-17-16-21(29-22(27)23-18-6-4-7-18)26(24-17)19-8-10-20(11-9-19)28-15-5-14-25-12-2-3-13-25/h8-11,16,18H,2-7,12-15H2,1H3,(H,23,27). The highest BCUT2D eigenvalue weighted by Gasteiger charge is 2.21. The van der Waals surface area contributed by atoms with Crippen LogP contribution < -0.4 is 14.8 Å². The van der Waals surface area contributed by atoms with Gasteiger partial charge in [0, 0.05) is 18.7 Å². The maximum absolute atomic E-state index is 12.1. The van der Waals surface area contributed by atoms with Crippen LogP contribution in [-0.4, -0.2) is 53.1 Å². The lowest BCUT2D eigenvalue weighted by molar-refractivity contribution is 0.185. The molecular weight excluding hydrogens is 368 g/mol. The third kappa shape index (κ3) is 5.29. The van der Waals surface area contributed by atoms with Crippen LogP contribution in [0.15, 0.2) is 30.3 Å². The molecule has 7 heteroatoms. The molecule has 0 spiro atoms. The molecule has 1 saturated carbocycles. The molecule has 0 atom stereocenters. The summed E-state index contributed by atoms with van der Waals surface area (Å²) in [6.45, 7) is 6.15. The highest BCUT2D eigenvalue weighted by molar-refractivity contribution is 5.70. The number of carbonyl (C=O) groups is 1. The van der Waals surface area contributed by atoms with Gasteiger partial charge in [0.05, 0.1) is 18.0 Å². The molecule has 1 aromatic heterocycles. The summed E-state index contributed by atoms with van der Waals surface area (Å²) in [4.78, 5) is 14.6. The average Bonchev–Trinajstić information content (AvgIpc) is 3.32. The predicted octanol–water partition coefficient (Wildman–Crippen LogP) is 3.69. The van der Waals surface area contributed by atoms with E-state index in [-0.39, 0.29) is 6.04 Å². The monoisotopic (exact) mass is 398 g/mol. The van der Waals surface area contributed by atoms with E-state index in [0.29, 0.717) is 12.5 Å². The van der Waals surface area contributed by atoms with Crippen molar-refractivity contribution >= 4 is 6.09 Å². The maximum Gasteiger partial charge on any atom is 0.414 e. The molecule has 2 heterocycles. The molecule has 2 aliphatic rings. The van der Waals surface area contributed by atoms with Gasteiger partial charge in [0.2, 0.25) is 5.88 Å². The van der Waals surface area contributed by atoms with E-state index >= 15 is 0 Å². The number of likely N-dealkylation sites (tertiary alicyclic amines) is 1. The van der Waals surface area contributed by atoms with Crippen LogP contribution in [0.1, 0.15) is 44.2 Å². The molecule has 29 heavy (non-hydrogen) atoms. The van der Waals surface area contributed by atoms with Crippen molar-refractivity contribution in [2.45, 2.75) is 51.5 Å². The fourth-order valence-corrected chi connectivity index (χ4v) is 3.75. The van der Waals surface area contributed by atoms with Gasteiger partial charge >= 0.3 is 6.09 Å². The summed E-state index contributed by atoms with van der Waals surface area (Å²) in [7, 11) is 0. The first kappa shape index (κ1) is 19.8. The van der Waals surface area contributed by atoms with Gasteiger partial charge in [0.1, 0.15) is 5.75 Å². The number of carbonyl (C=O) groups excluding carboxylic acids is 1. The molecule has 4 rings (SSSR count). The van der Waals surface area contributed by atoms with Gasteiger partial charge in [0.15, 0.2) is 0 Å². The average molecular weight is 399 g/mol. The molecule has 1 aromatic carbocycles. The first-order valence-electron chi connectivity index (χ1n) is 10.7. The van der Waals surface area contributed by atoms with Crippen LogP contribution in [-0.2, 0) is 0 Å². The van der Waals surface area contributed by atoms with Gasteiger partial charge in [-0.1, -0.05) is 0 Å². The van der Waals surface area contributed by atoms with E-state index in [2.05, 4.69) is 15.3 Å². The SMILES string of the molecule is Cc1cc(OC(=O)NC2CCC2)n(-c2ccc(OCCCN3CCCC3)cc2)n1. The smallest absolute Gasteiger partial charge is 0.414 e. The molecule has 1 aliphatic heterocycles. The van der Waals surface area contributed by atoms with Crippen LogP contribution in [0.3, 0.4) is 0 Å². The number of aryl methyl sites for hydroxylation is 1. The molecule has 1 N–H and O–H groups in total. The van der Waals surface area contributed by atoms with Crippen molar-refractivity contribution in [2.75, 3.05) is 26.2 Å². The molecule has 2 aromatic rings. The number of aromatic nitrogens is 2. The van der Waals surface area contributed by atoms with E-state index in [0.717, 1.165) is 49.4 Å². The van der Waals surface area contributed by atoms with Gasteiger partial charge in [-0.2, -0.15) is 5.10 Å². The van der Waals surface area contributed by atoms with E-state index in [1.807, 2.05) is 31.2 Å². The lowest BCUT2D eigenvalue weighted by Crippen LogP contribution is -2.41. The number of hydrogen-bond acceptors (Lipinski definition) is 5. The fourth-order valence-electron chi connectivity index (χ4n) is 3.75. The van der Waals surface area contributed by atoms with Gasteiger partial charge in [-0.05, 0) is 82.8 Å². The zero-order chi connectivity index (χ0) is 20.1. The van der Waals surface area contributed by atoms with Crippen molar-refractivity contribution < 1.29 is 14.3 Å². The Bertz CT molecular complexity index is 808. The zero-order valence-corrected chi connectivity index (χ0v) is 17.1. The molecule has 0 radical (unpaired) electrons. The van der Waals surface area contributed by atoms with E-state index in [4.69, 9.17) is 9.47 Å². The van der Waals surface area contributed by atoms with Crippen LogP contribution in [0.5, 0.6) is 11.6 Å². The quantitative estimate of drug-likeness (QED) is 0.687. The molecule has 1 aliphatic carbocycles. The van der Waals surface area contributed by atoms with Crippen molar-refractivity contribution in [1.29, 1.82) is 0 Å². The molecule has 0 bridgehead atoms. The Morgan fingerprint density at radius 2 is 1.93 bits per heavy atom. The lowest BCUT2D eigenvalue weighted by Gasteiger charge is -2.25. The zero-order valence-electron chi connectivity index (χ0n) is 17.1. The van der Waals surface area contributed by atoms with Crippen molar-refractivity contribution in [3.8, 4) is 17.3 Å². The minimum Gasteiger partial charge on any atom is -0.494 e. The Morgan fingerprint density at radius 1 is 1.17 bits per heavy atom. The second-order valence-corrected chi connectivity index (χ2v) is 7.94. The third-order valence-corrected chi connectivity index (χ3v) is 5.59. The predicted molar refractivity (Wildman–Crippen MR) is 111 cm³/mol. The van der Waals surface area contributed by atoms with Crippen molar-refractivity contribution in [3.05, 3.63) is 36.0 Å². The van der Waals surface area contributed by atoms with E-state index in [9.17, 15) is 4.79 Å². The summed E-state index contributed by atoms with van der Waals surface area (Å²) in [6, 6.07) is 9.73. The van der Waals surface area contributed by atoms with E-state index in [1.54, 1.807) is 10.7 Å². The number of ether oxygens (including phenoxy) is 2. The summed E-state index contributed by atoms with van der Waals surface area (Å²) in [5.74, 6) is 1.25. The van der Waals surface area contributed by atoms with Crippen LogP contribution in [0.4, 0.5) is 4.79 Å². The fraction of sp³-hybridized carbons (Fsp3) is 0.545. The van der Waals surface area contributed by atoms with Crippen LogP contribution in [0.2, 0.25) is 0 Å². The first-order chi connectivity index (χ1) is 14.2. The van der Waals surface area contributed by atoms with E-state index in [1.165, 1.54) is 25.9 Å². The summed E-state index contributed by atoms with van der Waals surface area (Å²) >= 11 is 0. The number of hydrogen-bond donors (Lipinski definition) is 1. The molecular formula is C22H30N4O3. The topological polar surface area (TPSA) is 68.6 Å². The molecule has 156 valence electrons. The Labute approximate surface area is 172 Å². The largest absolute Gasteiger partial charge is 0.494 e. The number of nitrogens with one attached hydrogen (secondary N) is 1. The maximum atomic E-state index is 12.1. The van der Waals surface area contributed by atoms with Gasteiger partial charge in [-0.15, -0.1) is 0 Å². The van der Waals surface area contributed by atoms with Crippen molar-refractivity contribution in [3.63, 3.8) is 0 Å². The Hall–Kier alpha value is -2.54. The Balaban J connectivity index is 1.31. The molecule has 7 nitrogen and oxygen atoms in total. The minimum atomic E-state index is -0.422. The number of nitrogens with zero attached hydrogens (tertiary/aromatic N) is 3. The van der Waals surface area contributed by atoms with Gasteiger partial charge < -0.3 is 19.7 Å². The first-order valence-corrected chi connectivity index (χ1v) is 10.7. The van der Waals surface area contributed by atoms with Crippen molar-refractivity contribution in [2.24, 2.45) is 0 Å².